The molecule has 3 unspecified atom stereocenters. The highest BCUT2D eigenvalue weighted by Gasteiger charge is 2.28. The second-order valence-electron chi connectivity index (χ2n) is 4.30. The molecule has 0 aliphatic carbocycles. The summed E-state index contributed by atoms with van der Waals surface area (Å²) in [5, 5.41) is 54.3. The van der Waals surface area contributed by atoms with Gasteiger partial charge in [-0.2, -0.15) is 0 Å². The van der Waals surface area contributed by atoms with Crippen LogP contribution in [0.2, 0.25) is 0 Å². The van der Waals surface area contributed by atoms with E-state index in [9.17, 15) is 9.59 Å². The topological polar surface area (TPSA) is 168 Å². The van der Waals surface area contributed by atoms with E-state index in [-0.39, 0.29) is 6.04 Å². The molecule has 7 N–H and O–H groups in total. The van der Waals surface area contributed by atoms with Gasteiger partial charge in [-0.3, -0.25) is 9.59 Å². The first kappa shape index (κ1) is 18.9. The molecule has 20 heavy (non-hydrogen) atoms. The number of carboxylic acid groups (broad SMARTS) is 1. The fourth-order valence-corrected chi connectivity index (χ4v) is 1.50. The summed E-state index contributed by atoms with van der Waals surface area (Å²) in [5.41, 5.74) is 0. The summed E-state index contributed by atoms with van der Waals surface area (Å²) in [7, 11) is 0. The van der Waals surface area contributed by atoms with Crippen molar-refractivity contribution in [3.63, 3.8) is 0 Å². The van der Waals surface area contributed by atoms with Crippen LogP contribution in [0.25, 0.3) is 0 Å². The van der Waals surface area contributed by atoms with Crippen LogP contribution in [0, 0.1) is 0 Å². The van der Waals surface area contributed by atoms with Crippen LogP contribution in [0.1, 0.15) is 12.8 Å². The minimum atomic E-state index is -1.86. The van der Waals surface area contributed by atoms with E-state index >= 15 is 0 Å². The number of carboxylic acids is 1. The second kappa shape index (κ2) is 9.75. The number of aliphatic hydroxyl groups excluding tert-OH is 5. The maximum absolute atomic E-state index is 10.5. The Morgan fingerprint density at radius 1 is 1.20 bits per heavy atom. The Morgan fingerprint density at radius 2 is 1.80 bits per heavy atom. The molecule has 0 aromatic rings. The van der Waals surface area contributed by atoms with Gasteiger partial charge in [0.25, 0.3) is 0 Å². The predicted molar refractivity (Wildman–Crippen MR) is 65.9 cm³/mol. The lowest BCUT2D eigenvalue weighted by Crippen LogP contribution is -2.44. The van der Waals surface area contributed by atoms with Gasteiger partial charge in [0.05, 0.1) is 6.61 Å². The number of carbonyl (C=O) groups is 2. The largest absolute Gasteiger partial charge is 0.480 e. The van der Waals surface area contributed by atoms with Crippen LogP contribution in [0.3, 0.4) is 0 Å². The van der Waals surface area contributed by atoms with Gasteiger partial charge in [0.1, 0.15) is 31.0 Å². The zero-order chi connectivity index (χ0) is 15.7. The number of ketones is 1. The van der Waals surface area contributed by atoms with Gasteiger partial charge >= 0.3 is 5.97 Å². The number of aliphatic carboxylic acids is 1. The monoisotopic (exact) mass is 295 g/mol. The van der Waals surface area contributed by atoms with E-state index in [4.69, 9.17) is 30.6 Å². The Bertz CT molecular complexity index is 305. The molecule has 0 radical (unpaired) electrons. The third kappa shape index (κ3) is 6.37. The molecule has 1 aliphatic heterocycles. The Hall–Kier alpha value is -1.10. The lowest BCUT2D eigenvalue weighted by atomic mass is 10.1. The van der Waals surface area contributed by atoms with Crippen molar-refractivity contribution in [1.82, 2.24) is 5.32 Å². The van der Waals surface area contributed by atoms with Crippen LogP contribution in [0.5, 0.6) is 0 Å². The fourth-order valence-electron chi connectivity index (χ4n) is 1.50. The van der Waals surface area contributed by atoms with E-state index in [0.717, 1.165) is 19.4 Å². The maximum atomic E-state index is 10.5. The zero-order valence-electron chi connectivity index (χ0n) is 10.8. The summed E-state index contributed by atoms with van der Waals surface area (Å²) in [6, 6.07) is -0.269. The highest BCUT2D eigenvalue weighted by Crippen LogP contribution is 2.03. The number of aliphatic hydroxyl groups is 5. The average molecular weight is 295 g/mol. The first-order valence-electron chi connectivity index (χ1n) is 6.10. The molecule has 0 bridgehead atoms. The van der Waals surface area contributed by atoms with Gasteiger partial charge in [-0.25, -0.2) is 0 Å². The molecule has 1 aliphatic rings. The molecule has 1 fully saturated rings. The molecule has 4 atom stereocenters. The van der Waals surface area contributed by atoms with E-state index in [1.54, 1.807) is 0 Å². The van der Waals surface area contributed by atoms with E-state index in [1.165, 1.54) is 0 Å². The van der Waals surface area contributed by atoms with Crippen LogP contribution in [-0.4, -0.2) is 86.5 Å². The number of carbonyl (C=O) groups excluding carboxylic acids is 1. The first-order valence-corrected chi connectivity index (χ1v) is 6.10. The summed E-state index contributed by atoms with van der Waals surface area (Å²) in [5.74, 6) is -1.72. The van der Waals surface area contributed by atoms with Crippen LogP contribution in [-0.2, 0) is 9.59 Å². The highest BCUT2D eigenvalue weighted by atomic mass is 16.4. The lowest BCUT2D eigenvalue weighted by molar-refractivity contribution is -0.142. The SMILES string of the molecule is O=C(CO)C(O)C(O)C(O)CO.O=C(O)[C@@H]1CCCN1. The molecule has 1 rings (SSSR count). The summed E-state index contributed by atoms with van der Waals surface area (Å²) >= 11 is 0. The highest BCUT2D eigenvalue weighted by molar-refractivity contribution is 5.84. The van der Waals surface area contributed by atoms with E-state index < -0.39 is 43.3 Å². The number of hydrogen-bond donors (Lipinski definition) is 7. The average Bonchev–Trinajstić information content (AvgIpc) is 2.99. The molecular weight excluding hydrogens is 274 g/mol. The van der Waals surface area contributed by atoms with Gasteiger partial charge in [-0.1, -0.05) is 0 Å². The van der Waals surface area contributed by atoms with Crippen molar-refractivity contribution in [3.8, 4) is 0 Å². The first-order chi connectivity index (χ1) is 9.34. The summed E-state index contributed by atoms with van der Waals surface area (Å²) < 4.78 is 0. The van der Waals surface area contributed by atoms with Crippen molar-refractivity contribution >= 4 is 11.8 Å². The predicted octanol–water partition coefficient (Wildman–Crippen LogP) is -3.55. The Balaban J connectivity index is 0.000000388. The van der Waals surface area contributed by atoms with Crippen molar-refractivity contribution in [1.29, 1.82) is 0 Å². The Morgan fingerprint density at radius 3 is 2.10 bits per heavy atom. The van der Waals surface area contributed by atoms with E-state index in [2.05, 4.69) is 5.32 Å². The summed E-state index contributed by atoms with van der Waals surface area (Å²) in [4.78, 5) is 20.7. The standard InChI is InChI=1S/C6H12O6.C5H9NO2/c7-1-3(9)5(11)6(12)4(10)2-8;7-5(8)4-2-1-3-6-4/h3,5-9,11-12H,1-2H2;4,6H,1-3H2,(H,7,8)/t;4-/m.0/s1. The molecule has 0 amide bonds. The second-order valence-corrected chi connectivity index (χ2v) is 4.30. The van der Waals surface area contributed by atoms with Gasteiger partial charge in [-0.15, -0.1) is 0 Å². The van der Waals surface area contributed by atoms with Gasteiger partial charge in [0, 0.05) is 0 Å². The number of hydrogen-bond acceptors (Lipinski definition) is 8. The van der Waals surface area contributed by atoms with Gasteiger partial charge in [0.15, 0.2) is 5.78 Å². The Labute approximate surface area is 115 Å². The molecule has 0 aromatic carbocycles. The zero-order valence-corrected chi connectivity index (χ0v) is 10.8. The smallest absolute Gasteiger partial charge is 0.320 e. The van der Waals surface area contributed by atoms with Crippen molar-refractivity contribution in [2.75, 3.05) is 19.8 Å². The van der Waals surface area contributed by atoms with Crippen molar-refractivity contribution in [2.45, 2.75) is 37.2 Å². The van der Waals surface area contributed by atoms with Crippen molar-refractivity contribution < 1.29 is 40.2 Å². The molecule has 0 aromatic heterocycles. The molecule has 1 saturated heterocycles. The molecule has 9 heteroatoms. The van der Waals surface area contributed by atoms with Crippen LogP contribution in [0.4, 0.5) is 0 Å². The third-order valence-electron chi connectivity index (χ3n) is 2.75. The lowest BCUT2D eigenvalue weighted by Gasteiger charge is -2.19. The molecular formula is C11H21NO8. The minimum Gasteiger partial charge on any atom is -0.480 e. The fraction of sp³-hybridized carbons (Fsp3) is 0.818. The number of rotatable bonds is 6. The van der Waals surface area contributed by atoms with Crippen LogP contribution in [0.15, 0.2) is 0 Å². The summed E-state index contributed by atoms with van der Waals surface area (Å²) in [6.45, 7) is -0.829. The van der Waals surface area contributed by atoms with Gasteiger partial charge in [0.2, 0.25) is 0 Å². The maximum Gasteiger partial charge on any atom is 0.320 e. The van der Waals surface area contributed by atoms with Crippen molar-refractivity contribution in [2.24, 2.45) is 0 Å². The van der Waals surface area contributed by atoms with Crippen LogP contribution >= 0.6 is 0 Å². The van der Waals surface area contributed by atoms with Gasteiger partial charge < -0.3 is 36.0 Å². The molecule has 0 spiro atoms. The van der Waals surface area contributed by atoms with Crippen LogP contribution < -0.4 is 5.32 Å². The van der Waals surface area contributed by atoms with Gasteiger partial charge in [-0.05, 0) is 19.4 Å². The molecule has 118 valence electrons. The quantitative estimate of drug-likeness (QED) is 0.262. The van der Waals surface area contributed by atoms with E-state index in [1.807, 2.05) is 0 Å². The molecule has 0 saturated carbocycles. The van der Waals surface area contributed by atoms with E-state index in [0.29, 0.717) is 0 Å². The Kier molecular flexibility index (Phi) is 9.21. The van der Waals surface area contributed by atoms with Crippen molar-refractivity contribution in [3.05, 3.63) is 0 Å². The number of Topliss-reactive ketones (excluding diaryl/α,β-unsaturated/α-hetero) is 1. The third-order valence-corrected chi connectivity index (χ3v) is 2.75. The normalized spacial score (nSPS) is 22.4. The number of nitrogens with one attached hydrogen (secondary N) is 1. The minimum absolute atomic E-state index is 0.269. The molecule has 9 nitrogen and oxygen atoms in total. The summed E-state index contributed by atoms with van der Waals surface area (Å²) in [6.07, 6.45) is -3.44. The molecule has 1 heterocycles.